The fourth-order valence-corrected chi connectivity index (χ4v) is 2.77. The molecule has 0 aromatic rings. The predicted octanol–water partition coefficient (Wildman–Crippen LogP) is 0.749. The third-order valence-corrected chi connectivity index (χ3v) is 3.93. The lowest BCUT2D eigenvalue weighted by Crippen LogP contribution is -2.52. The molecule has 1 rings (SSSR count). The molecule has 0 aliphatic carbocycles. The Morgan fingerprint density at radius 3 is 2.37 bits per heavy atom. The zero-order valence-corrected chi connectivity index (χ0v) is 12.6. The van der Waals surface area contributed by atoms with Crippen molar-refractivity contribution in [3.05, 3.63) is 0 Å². The minimum Gasteiger partial charge on any atom is -0.347 e. The molecule has 0 radical (unpaired) electrons. The molecular weight excluding hydrogens is 242 g/mol. The van der Waals surface area contributed by atoms with Gasteiger partial charge in [0.25, 0.3) is 0 Å². The van der Waals surface area contributed by atoms with E-state index in [9.17, 15) is 9.59 Å². The zero-order valence-electron chi connectivity index (χ0n) is 12.6. The predicted molar refractivity (Wildman–Crippen MR) is 75.7 cm³/mol. The Bertz CT molecular complexity index is 317. The molecular formula is C14H27N3O2. The molecule has 1 aliphatic rings. The molecule has 2 N–H and O–H groups in total. The van der Waals surface area contributed by atoms with Crippen LogP contribution in [0.15, 0.2) is 0 Å². The van der Waals surface area contributed by atoms with Crippen molar-refractivity contribution in [2.75, 3.05) is 27.2 Å². The van der Waals surface area contributed by atoms with E-state index in [-0.39, 0.29) is 17.2 Å². The standard InChI is InChI=1S/C14H27N3O2/c1-5-6-14(7-9-15-10-8-14)13(19)16-11(2)12(18)17(3)4/h11,15H,5-10H2,1-4H3,(H,16,19). The van der Waals surface area contributed by atoms with Crippen LogP contribution in [-0.4, -0.2) is 49.9 Å². The molecule has 5 nitrogen and oxygen atoms in total. The zero-order chi connectivity index (χ0) is 14.5. The number of nitrogens with zero attached hydrogens (tertiary/aromatic N) is 1. The molecule has 1 heterocycles. The number of carbonyl (C=O) groups excluding carboxylic acids is 2. The van der Waals surface area contributed by atoms with Gasteiger partial charge < -0.3 is 15.5 Å². The minimum absolute atomic E-state index is 0.0403. The number of rotatable bonds is 5. The molecule has 1 fully saturated rings. The summed E-state index contributed by atoms with van der Waals surface area (Å²) in [6.45, 7) is 5.61. The van der Waals surface area contributed by atoms with Crippen LogP contribution in [0.25, 0.3) is 0 Å². The van der Waals surface area contributed by atoms with Crippen LogP contribution in [0.3, 0.4) is 0 Å². The summed E-state index contributed by atoms with van der Waals surface area (Å²) in [6.07, 6.45) is 3.60. The molecule has 1 unspecified atom stereocenters. The Hall–Kier alpha value is -1.10. The van der Waals surface area contributed by atoms with Gasteiger partial charge in [0.1, 0.15) is 6.04 Å². The molecule has 1 saturated heterocycles. The van der Waals surface area contributed by atoms with E-state index < -0.39 is 6.04 Å². The number of likely N-dealkylation sites (N-methyl/N-ethyl adjacent to an activating group) is 1. The van der Waals surface area contributed by atoms with Crippen molar-refractivity contribution in [3.8, 4) is 0 Å². The quantitative estimate of drug-likeness (QED) is 0.774. The lowest BCUT2D eigenvalue weighted by Gasteiger charge is -2.37. The fraction of sp³-hybridized carbons (Fsp3) is 0.857. The van der Waals surface area contributed by atoms with Gasteiger partial charge in [-0.3, -0.25) is 9.59 Å². The van der Waals surface area contributed by atoms with E-state index in [2.05, 4.69) is 17.6 Å². The van der Waals surface area contributed by atoms with Crippen molar-refractivity contribution in [2.24, 2.45) is 5.41 Å². The van der Waals surface area contributed by atoms with E-state index in [1.807, 2.05) is 0 Å². The summed E-state index contributed by atoms with van der Waals surface area (Å²) in [7, 11) is 3.41. The van der Waals surface area contributed by atoms with Crippen LogP contribution >= 0.6 is 0 Å². The van der Waals surface area contributed by atoms with Crippen LogP contribution in [0.5, 0.6) is 0 Å². The molecule has 110 valence electrons. The van der Waals surface area contributed by atoms with Crippen LogP contribution < -0.4 is 10.6 Å². The average molecular weight is 269 g/mol. The lowest BCUT2D eigenvalue weighted by atomic mass is 9.74. The summed E-state index contributed by atoms with van der Waals surface area (Å²) in [5.41, 5.74) is -0.291. The Balaban J connectivity index is 2.69. The van der Waals surface area contributed by atoms with Gasteiger partial charge in [-0.15, -0.1) is 0 Å². The van der Waals surface area contributed by atoms with Gasteiger partial charge in [0.2, 0.25) is 11.8 Å². The number of amides is 2. The van der Waals surface area contributed by atoms with Gasteiger partial charge in [-0.1, -0.05) is 13.3 Å². The number of nitrogens with one attached hydrogen (secondary N) is 2. The first kappa shape index (κ1) is 16.0. The van der Waals surface area contributed by atoms with E-state index in [0.29, 0.717) is 0 Å². The molecule has 1 atom stereocenters. The van der Waals surface area contributed by atoms with Crippen molar-refractivity contribution in [1.29, 1.82) is 0 Å². The number of hydrogen-bond acceptors (Lipinski definition) is 3. The summed E-state index contributed by atoms with van der Waals surface area (Å²) in [5, 5.41) is 6.19. The van der Waals surface area contributed by atoms with Crippen LogP contribution in [0.4, 0.5) is 0 Å². The van der Waals surface area contributed by atoms with Crippen LogP contribution in [0.1, 0.15) is 39.5 Å². The second-order valence-corrected chi connectivity index (χ2v) is 5.71. The highest BCUT2D eigenvalue weighted by Crippen LogP contribution is 2.34. The molecule has 19 heavy (non-hydrogen) atoms. The lowest BCUT2D eigenvalue weighted by molar-refractivity contribution is -0.139. The van der Waals surface area contributed by atoms with E-state index in [1.165, 1.54) is 4.90 Å². The summed E-state index contributed by atoms with van der Waals surface area (Å²) >= 11 is 0. The van der Waals surface area contributed by atoms with E-state index in [0.717, 1.165) is 38.8 Å². The van der Waals surface area contributed by atoms with Crippen LogP contribution in [-0.2, 0) is 9.59 Å². The van der Waals surface area contributed by atoms with E-state index in [1.54, 1.807) is 21.0 Å². The Morgan fingerprint density at radius 1 is 1.32 bits per heavy atom. The maximum absolute atomic E-state index is 12.5. The Labute approximate surface area is 116 Å². The van der Waals surface area contributed by atoms with Crippen molar-refractivity contribution in [1.82, 2.24) is 15.5 Å². The molecule has 0 aromatic heterocycles. The van der Waals surface area contributed by atoms with Gasteiger partial charge in [-0.25, -0.2) is 0 Å². The number of carbonyl (C=O) groups is 2. The van der Waals surface area contributed by atoms with Gasteiger partial charge in [-0.2, -0.15) is 0 Å². The summed E-state index contributed by atoms with van der Waals surface area (Å²) in [4.78, 5) is 25.9. The molecule has 0 saturated carbocycles. The highest BCUT2D eigenvalue weighted by Gasteiger charge is 2.39. The molecule has 2 amide bonds. The van der Waals surface area contributed by atoms with E-state index >= 15 is 0 Å². The van der Waals surface area contributed by atoms with Gasteiger partial charge in [0.15, 0.2) is 0 Å². The van der Waals surface area contributed by atoms with E-state index in [4.69, 9.17) is 0 Å². The SMILES string of the molecule is CCCC1(C(=O)NC(C)C(=O)N(C)C)CCNCC1. The first-order valence-electron chi connectivity index (χ1n) is 7.16. The monoisotopic (exact) mass is 269 g/mol. The fourth-order valence-electron chi connectivity index (χ4n) is 2.77. The first-order chi connectivity index (χ1) is 8.93. The maximum Gasteiger partial charge on any atom is 0.244 e. The molecule has 1 aliphatic heterocycles. The van der Waals surface area contributed by atoms with Crippen molar-refractivity contribution >= 4 is 11.8 Å². The summed E-state index contributed by atoms with van der Waals surface area (Å²) in [6, 6.07) is -0.453. The topological polar surface area (TPSA) is 61.4 Å². The maximum atomic E-state index is 12.5. The molecule has 5 heteroatoms. The second-order valence-electron chi connectivity index (χ2n) is 5.71. The minimum atomic E-state index is -0.453. The third kappa shape index (κ3) is 3.93. The third-order valence-electron chi connectivity index (χ3n) is 3.93. The van der Waals surface area contributed by atoms with Crippen molar-refractivity contribution in [3.63, 3.8) is 0 Å². The Kier molecular flexibility index (Phi) is 5.79. The highest BCUT2D eigenvalue weighted by molar-refractivity contribution is 5.89. The number of piperidine rings is 1. The van der Waals surface area contributed by atoms with Gasteiger partial charge in [0.05, 0.1) is 5.41 Å². The number of hydrogen-bond donors (Lipinski definition) is 2. The second kappa shape index (κ2) is 6.89. The highest BCUT2D eigenvalue weighted by atomic mass is 16.2. The summed E-state index contributed by atoms with van der Waals surface area (Å²) in [5.74, 6) is -0.0208. The normalized spacial score (nSPS) is 19.6. The molecule has 0 bridgehead atoms. The van der Waals surface area contributed by atoms with Crippen molar-refractivity contribution in [2.45, 2.75) is 45.6 Å². The average Bonchev–Trinajstić information content (AvgIpc) is 2.38. The molecule has 0 aromatic carbocycles. The first-order valence-corrected chi connectivity index (χ1v) is 7.16. The molecule has 0 spiro atoms. The largest absolute Gasteiger partial charge is 0.347 e. The van der Waals surface area contributed by atoms with Crippen molar-refractivity contribution < 1.29 is 9.59 Å². The Morgan fingerprint density at radius 2 is 1.89 bits per heavy atom. The van der Waals surface area contributed by atoms with Gasteiger partial charge in [0, 0.05) is 14.1 Å². The van der Waals surface area contributed by atoms with Crippen LogP contribution in [0.2, 0.25) is 0 Å². The van der Waals surface area contributed by atoms with Gasteiger partial charge >= 0.3 is 0 Å². The van der Waals surface area contributed by atoms with Crippen LogP contribution in [0, 0.1) is 5.41 Å². The summed E-state index contributed by atoms with van der Waals surface area (Å²) < 4.78 is 0. The van der Waals surface area contributed by atoms with Gasteiger partial charge in [-0.05, 0) is 39.3 Å². The smallest absolute Gasteiger partial charge is 0.244 e.